The van der Waals surface area contributed by atoms with Gasteiger partial charge in [0.05, 0.1) is 0 Å². The Labute approximate surface area is 76.1 Å². The summed E-state index contributed by atoms with van der Waals surface area (Å²) in [5.74, 6) is 1.92. The molecule has 1 aliphatic carbocycles. The lowest BCUT2D eigenvalue weighted by Crippen LogP contribution is -2.41. The Kier molecular flexibility index (Phi) is 1.95. The maximum atomic E-state index is 2.76. The highest BCUT2D eigenvalue weighted by Crippen LogP contribution is 2.50. The summed E-state index contributed by atoms with van der Waals surface area (Å²) in [5, 5.41) is 0. The van der Waals surface area contributed by atoms with Crippen LogP contribution in [-0.2, 0) is 0 Å². The van der Waals surface area contributed by atoms with Gasteiger partial charge in [-0.15, -0.1) is 0 Å². The van der Waals surface area contributed by atoms with E-state index in [4.69, 9.17) is 0 Å². The summed E-state index contributed by atoms with van der Waals surface area (Å²) >= 11 is 0. The number of fused-ring (bicyclic) bond motifs is 1. The molecule has 1 heterocycles. The molecule has 1 saturated carbocycles. The van der Waals surface area contributed by atoms with Crippen LogP contribution in [0.1, 0.15) is 40.5 Å². The molecule has 0 aromatic rings. The van der Waals surface area contributed by atoms with Gasteiger partial charge in [0.15, 0.2) is 0 Å². The third-order valence-corrected chi connectivity index (χ3v) is 3.56. The Morgan fingerprint density at radius 1 is 1.08 bits per heavy atom. The highest BCUT2D eigenvalue weighted by molar-refractivity contribution is 5.07. The third-order valence-electron chi connectivity index (χ3n) is 3.56. The number of hydrogen-bond acceptors (Lipinski definition) is 1. The zero-order valence-electron chi connectivity index (χ0n) is 8.75. The summed E-state index contributed by atoms with van der Waals surface area (Å²) in [6.07, 6.45) is 2.96. The molecule has 0 bridgehead atoms. The van der Waals surface area contributed by atoms with E-state index in [-0.39, 0.29) is 0 Å². The largest absolute Gasteiger partial charge is 0.294 e. The van der Waals surface area contributed by atoms with Crippen LogP contribution in [0.2, 0.25) is 0 Å². The first kappa shape index (κ1) is 8.55. The average molecular weight is 167 g/mol. The molecular formula is C11H21N. The van der Waals surface area contributed by atoms with E-state index in [0.29, 0.717) is 0 Å². The maximum Gasteiger partial charge on any atom is 0.0134 e. The van der Waals surface area contributed by atoms with E-state index >= 15 is 0 Å². The molecule has 0 spiro atoms. The van der Waals surface area contributed by atoms with Crippen molar-refractivity contribution in [3.63, 3.8) is 0 Å². The number of hydrogen-bond donors (Lipinski definition) is 0. The molecule has 1 aliphatic heterocycles. The van der Waals surface area contributed by atoms with Gasteiger partial charge in [-0.05, 0) is 38.5 Å². The number of nitrogens with zero attached hydrogens (tertiary/aromatic N) is 1. The molecule has 0 aromatic heterocycles. The van der Waals surface area contributed by atoms with Crippen LogP contribution in [0.25, 0.3) is 0 Å². The van der Waals surface area contributed by atoms with Crippen molar-refractivity contribution in [3.8, 4) is 0 Å². The van der Waals surface area contributed by atoms with Crippen LogP contribution in [-0.4, -0.2) is 23.0 Å². The van der Waals surface area contributed by atoms with E-state index in [2.05, 4.69) is 32.6 Å². The van der Waals surface area contributed by atoms with E-state index in [1.165, 1.54) is 12.8 Å². The predicted octanol–water partition coefficient (Wildman–Crippen LogP) is 2.51. The fraction of sp³-hybridized carbons (Fsp3) is 1.00. The summed E-state index contributed by atoms with van der Waals surface area (Å²) in [7, 11) is 0. The van der Waals surface area contributed by atoms with Gasteiger partial charge in [0.2, 0.25) is 0 Å². The lowest BCUT2D eigenvalue weighted by Gasteiger charge is -2.33. The van der Waals surface area contributed by atoms with Gasteiger partial charge < -0.3 is 0 Å². The fourth-order valence-corrected chi connectivity index (χ4v) is 2.91. The van der Waals surface area contributed by atoms with E-state index in [1.54, 1.807) is 0 Å². The first-order chi connectivity index (χ1) is 5.61. The highest BCUT2D eigenvalue weighted by atomic mass is 15.3. The Morgan fingerprint density at radius 3 is 2.17 bits per heavy atom. The Morgan fingerprint density at radius 2 is 1.75 bits per heavy atom. The molecule has 70 valence electrons. The minimum absolute atomic E-state index is 0.759. The first-order valence-corrected chi connectivity index (χ1v) is 5.38. The molecule has 2 aliphatic rings. The smallest absolute Gasteiger partial charge is 0.0134 e. The van der Waals surface area contributed by atoms with Crippen LogP contribution in [0.5, 0.6) is 0 Å². The molecule has 12 heavy (non-hydrogen) atoms. The summed E-state index contributed by atoms with van der Waals surface area (Å²) < 4.78 is 0. The second-order valence-corrected chi connectivity index (χ2v) is 5.15. The van der Waals surface area contributed by atoms with Gasteiger partial charge in [-0.3, -0.25) is 4.90 Å². The summed E-state index contributed by atoms with van der Waals surface area (Å²) in [4.78, 5) is 2.76. The number of likely N-dealkylation sites (tertiary alicyclic amines) is 1. The van der Waals surface area contributed by atoms with Crippen molar-refractivity contribution in [1.29, 1.82) is 0 Å². The zero-order valence-corrected chi connectivity index (χ0v) is 8.75. The van der Waals surface area contributed by atoms with E-state index in [1.807, 2.05) is 0 Å². The molecule has 2 fully saturated rings. The molecule has 0 amide bonds. The Hall–Kier alpha value is -0.0400. The van der Waals surface area contributed by atoms with Gasteiger partial charge in [0.25, 0.3) is 0 Å². The summed E-state index contributed by atoms with van der Waals surface area (Å²) in [6.45, 7) is 9.42. The summed E-state index contributed by atoms with van der Waals surface area (Å²) in [5.41, 5.74) is 0. The third kappa shape index (κ3) is 1.19. The van der Waals surface area contributed by atoms with E-state index in [9.17, 15) is 0 Å². The van der Waals surface area contributed by atoms with Crippen molar-refractivity contribution in [1.82, 2.24) is 4.90 Å². The second-order valence-electron chi connectivity index (χ2n) is 5.15. The normalized spacial score (nSPS) is 41.0. The Balaban J connectivity index is 2.06. The van der Waals surface area contributed by atoms with E-state index in [0.717, 1.165) is 30.0 Å². The average Bonchev–Trinajstić information content (AvgIpc) is 2.60. The zero-order chi connectivity index (χ0) is 8.88. The highest BCUT2D eigenvalue weighted by Gasteiger charge is 2.52. The first-order valence-electron chi connectivity index (χ1n) is 5.38. The molecule has 0 radical (unpaired) electrons. The molecular weight excluding hydrogens is 146 g/mol. The summed E-state index contributed by atoms with van der Waals surface area (Å²) in [6, 6.07) is 2.61. The van der Waals surface area contributed by atoms with Crippen LogP contribution < -0.4 is 0 Å². The molecule has 3 atom stereocenters. The van der Waals surface area contributed by atoms with Crippen LogP contribution >= 0.6 is 0 Å². The van der Waals surface area contributed by atoms with Gasteiger partial charge in [-0.2, -0.15) is 0 Å². The molecule has 1 nitrogen and oxygen atoms in total. The van der Waals surface area contributed by atoms with Crippen molar-refractivity contribution in [3.05, 3.63) is 0 Å². The number of rotatable bonds is 2. The van der Waals surface area contributed by atoms with Gasteiger partial charge in [0.1, 0.15) is 0 Å². The lowest BCUT2D eigenvalue weighted by atomic mass is 9.99. The molecule has 1 saturated heterocycles. The minimum Gasteiger partial charge on any atom is -0.294 e. The van der Waals surface area contributed by atoms with Crippen LogP contribution in [0.4, 0.5) is 0 Å². The monoisotopic (exact) mass is 167 g/mol. The van der Waals surface area contributed by atoms with Crippen molar-refractivity contribution >= 4 is 0 Å². The van der Waals surface area contributed by atoms with Gasteiger partial charge in [-0.25, -0.2) is 0 Å². The van der Waals surface area contributed by atoms with Crippen molar-refractivity contribution < 1.29 is 0 Å². The fourth-order valence-electron chi connectivity index (χ4n) is 2.91. The molecule has 1 heteroatoms. The molecule has 2 rings (SSSR count). The second kappa shape index (κ2) is 2.73. The van der Waals surface area contributed by atoms with Crippen LogP contribution in [0, 0.1) is 11.8 Å². The topological polar surface area (TPSA) is 3.24 Å². The van der Waals surface area contributed by atoms with Crippen molar-refractivity contribution in [2.45, 2.75) is 58.7 Å². The van der Waals surface area contributed by atoms with Gasteiger partial charge in [-0.1, -0.05) is 13.8 Å². The Bertz CT molecular complexity index is 174. The van der Waals surface area contributed by atoms with Crippen molar-refractivity contribution in [2.24, 2.45) is 11.8 Å². The lowest BCUT2D eigenvalue weighted by molar-refractivity contribution is 0.136. The van der Waals surface area contributed by atoms with Crippen LogP contribution in [0.3, 0.4) is 0 Å². The van der Waals surface area contributed by atoms with Gasteiger partial charge >= 0.3 is 0 Å². The molecule has 0 aromatic carbocycles. The molecule has 0 N–H and O–H groups in total. The van der Waals surface area contributed by atoms with Gasteiger partial charge in [0, 0.05) is 18.1 Å². The SMILES string of the molecule is CC(C)[C@@H]1C[C@@H]2C[C@@H]2N1C(C)C. The predicted molar refractivity (Wildman–Crippen MR) is 52.1 cm³/mol. The molecule has 0 unspecified atom stereocenters. The van der Waals surface area contributed by atoms with Crippen molar-refractivity contribution in [2.75, 3.05) is 0 Å². The number of piperidine rings is 1. The van der Waals surface area contributed by atoms with Crippen LogP contribution in [0.15, 0.2) is 0 Å². The minimum atomic E-state index is 0.759. The quantitative estimate of drug-likeness (QED) is 0.611. The van der Waals surface area contributed by atoms with E-state index < -0.39 is 0 Å². The maximum absolute atomic E-state index is 2.76. The standard InChI is InChI=1S/C11H21N/c1-7(2)10-5-9-6-11(9)12(10)8(3)4/h7-11H,5-6H2,1-4H3/t9-,10+,11+/m1/s1.